The van der Waals surface area contributed by atoms with E-state index < -0.39 is 0 Å². The van der Waals surface area contributed by atoms with Crippen LogP contribution >= 0.6 is 0 Å². The van der Waals surface area contributed by atoms with Gasteiger partial charge in [-0.2, -0.15) is 0 Å². The molecule has 0 heterocycles. The molecule has 0 radical (unpaired) electrons. The molecule has 2 N–H and O–H groups in total. The summed E-state index contributed by atoms with van der Waals surface area (Å²) in [6.07, 6.45) is 1.11. The first-order chi connectivity index (χ1) is 7.08. The van der Waals surface area contributed by atoms with Crippen molar-refractivity contribution in [3.05, 3.63) is 29.8 Å². The van der Waals surface area contributed by atoms with Crippen LogP contribution in [0.4, 0.5) is 0 Å². The molecule has 0 aromatic heterocycles. The molecule has 1 aromatic rings. The molecule has 1 rings (SSSR count). The molecule has 15 heavy (non-hydrogen) atoms. The summed E-state index contributed by atoms with van der Waals surface area (Å²) < 4.78 is 0. The molecule has 1 atom stereocenters. The summed E-state index contributed by atoms with van der Waals surface area (Å²) in [6.45, 7) is 0.888. The van der Waals surface area contributed by atoms with Crippen LogP contribution in [0, 0.1) is 0 Å². The lowest BCUT2D eigenvalue weighted by Gasteiger charge is -2.14. The molecule has 0 fully saturated rings. The molecular weight excluding hydrogens is 190 g/mol. The number of hydrogen-bond acceptors (Lipinski definition) is 3. The first-order valence-corrected chi connectivity index (χ1v) is 5.18. The maximum atomic E-state index is 9.73. The normalized spacial score (nSPS) is 13.1. The quantitative estimate of drug-likeness (QED) is 0.767. The number of rotatable bonds is 5. The van der Waals surface area contributed by atoms with Crippen molar-refractivity contribution in [1.29, 1.82) is 0 Å². The van der Waals surface area contributed by atoms with E-state index in [-0.39, 0.29) is 11.9 Å². The van der Waals surface area contributed by atoms with Crippen molar-refractivity contribution in [2.24, 2.45) is 0 Å². The minimum Gasteiger partial charge on any atom is -0.508 e. The van der Waals surface area contributed by atoms with E-state index in [0.29, 0.717) is 6.42 Å². The number of hydrogen-bond donors (Lipinski definition) is 2. The largest absolute Gasteiger partial charge is 0.508 e. The zero-order valence-electron chi connectivity index (χ0n) is 9.35. The fraction of sp³-hybridized carbons (Fsp3) is 0.500. The second-order valence-corrected chi connectivity index (χ2v) is 4.12. The highest BCUT2D eigenvalue weighted by Crippen LogP contribution is 2.12. The highest BCUT2D eigenvalue weighted by Gasteiger charge is 2.05. The Morgan fingerprint density at radius 2 is 1.80 bits per heavy atom. The Bertz CT molecular complexity index is 282. The summed E-state index contributed by atoms with van der Waals surface area (Å²) in [6, 6.07) is 6.98. The van der Waals surface area contributed by atoms with E-state index in [1.807, 2.05) is 26.2 Å². The van der Waals surface area contributed by atoms with Gasteiger partial charge in [0.25, 0.3) is 0 Å². The van der Waals surface area contributed by atoms with Crippen LogP contribution < -0.4 is 0 Å². The highest BCUT2D eigenvalue weighted by molar-refractivity contribution is 5.26. The molecule has 0 amide bonds. The Hall–Kier alpha value is -1.06. The van der Waals surface area contributed by atoms with Gasteiger partial charge in [0.15, 0.2) is 0 Å². The molecule has 0 saturated carbocycles. The molecular formula is C12H19NO2. The first kappa shape index (κ1) is 12.0. The minimum atomic E-state index is -0.308. The summed E-state index contributed by atoms with van der Waals surface area (Å²) in [5.74, 6) is 0.265. The van der Waals surface area contributed by atoms with Gasteiger partial charge in [0.2, 0.25) is 0 Å². The first-order valence-electron chi connectivity index (χ1n) is 5.18. The van der Waals surface area contributed by atoms with Crippen LogP contribution in [0.5, 0.6) is 5.75 Å². The summed E-state index contributed by atoms with van der Waals surface area (Å²) in [5, 5.41) is 18.8. The summed E-state index contributed by atoms with van der Waals surface area (Å²) in [7, 11) is 3.99. The molecule has 3 nitrogen and oxygen atoms in total. The van der Waals surface area contributed by atoms with Crippen LogP contribution in [-0.2, 0) is 6.42 Å². The van der Waals surface area contributed by atoms with Gasteiger partial charge in [-0.3, -0.25) is 0 Å². The predicted octanol–water partition coefficient (Wildman–Crippen LogP) is 1.25. The second kappa shape index (κ2) is 5.73. The maximum Gasteiger partial charge on any atom is 0.115 e. The molecule has 1 unspecified atom stereocenters. The topological polar surface area (TPSA) is 43.7 Å². The highest BCUT2D eigenvalue weighted by atomic mass is 16.3. The number of phenols is 1. The van der Waals surface area contributed by atoms with E-state index in [1.54, 1.807) is 12.1 Å². The van der Waals surface area contributed by atoms with Crippen molar-refractivity contribution in [3.63, 3.8) is 0 Å². The van der Waals surface area contributed by atoms with Gasteiger partial charge in [0, 0.05) is 0 Å². The lowest BCUT2D eigenvalue weighted by molar-refractivity contribution is 0.152. The maximum absolute atomic E-state index is 9.73. The molecule has 0 aliphatic carbocycles. The van der Waals surface area contributed by atoms with Crippen molar-refractivity contribution in [1.82, 2.24) is 4.90 Å². The molecule has 0 aliphatic rings. The minimum absolute atomic E-state index is 0.265. The zero-order valence-corrected chi connectivity index (χ0v) is 9.35. The van der Waals surface area contributed by atoms with E-state index in [9.17, 15) is 5.11 Å². The number of aliphatic hydroxyl groups excluding tert-OH is 1. The molecule has 0 saturated heterocycles. The average Bonchev–Trinajstić information content (AvgIpc) is 2.19. The summed E-state index contributed by atoms with van der Waals surface area (Å²) in [5.41, 5.74) is 1.05. The van der Waals surface area contributed by atoms with E-state index >= 15 is 0 Å². The van der Waals surface area contributed by atoms with Gasteiger partial charge in [-0.15, -0.1) is 0 Å². The number of aromatic hydroxyl groups is 1. The summed E-state index contributed by atoms with van der Waals surface area (Å²) in [4.78, 5) is 2.06. The molecule has 1 aromatic carbocycles. The van der Waals surface area contributed by atoms with E-state index in [4.69, 9.17) is 5.11 Å². The number of phenolic OH excluding ortho intramolecular Hbond substituents is 1. The van der Waals surface area contributed by atoms with E-state index in [2.05, 4.69) is 4.90 Å². The lowest BCUT2D eigenvalue weighted by atomic mass is 10.1. The van der Waals surface area contributed by atoms with Gasteiger partial charge in [0.1, 0.15) is 5.75 Å². The van der Waals surface area contributed by atoms with Gasteiger partial charge in [-0.05, 0) is 51.2 Å². The van der Waals surface area contributed by atoms with Crippen molar-refractivity contribution in [3.8, 4) is 5.75 Å². The number of aliphatic hydroxyl groups is 1. The predicted molar refractivity (Wildman–Crippen MR) is 61.0 cm³/mol. The Morgan fingerprint density at radius 3 is 2.33 bits per heavy atom. The van der Waals surface area contributed by atoms with Crippen molar-refractivity contribution in [2.75, 3.05) is 20.6 Å². The Morgan fingerprint density at radius 1 is 1.20 bits per heavy atom. The van der Waals surface area contributed by atoms with Gasteiger partial charge in [-0.25, -0.2) is 0 Å². The molecule has 0 bridgehead atoms. The number of benzene rings is 1. The van der Waals surface area contributed by atoms with Crippen molar-refractivity contribution in [2.45, 2.75) is 18.9 Å². The van der Waals surface area contributed by atoms with Crippen molar-refractivity contribution >= 4 is 0 Å². The standard InChI is InChI=1S/C12H19NO2/c1-13(2)8-7-12(15)9-10-3-5-11(14)6-4-10/h3-6,12,14-15H,7-9H2,1-2H3. The third-order valence-electron chi connectivity index (χ3n) is 2.32. The van der Waals surface area contributed by atoms with Crippen LogP contribution in [0.2, 0.25) is 0 Å². The summed E-state index contributed by atoms with van der Waals surface area (Å²) >= 11 is 0. The molecule has 84 valence electrons. The Kier molecular flexibility index (Phi) is 4.59. The Labute approximate surface area is 91.0 Å². The SMILES string of the molecule is CN(C)CCC(O)Cc1ccc(O)cc1. The average molecular weight is 209 g/mol. The van der Waals surface area contributed by atoms with E-state index in [0.717, 1.165) is 18.5 Å². The number of nitrogens with zero attached hydrogens (tertiary/aromatic N) is 1. The van der Waals surface area contributed by atoms with Gasteiger partial charge >= 0.3 is 0 Å². The Balaban J connectivity index is 2.37. The van der Waals surface area contributed by atoms with Crippen LogP contribution in [-0.4, -0.2) is 41.9 Å². The van der Waals surface area contributed by atoms with Crippen LogP contribution in [0.3, 0.4) is 0 Å². The lowest BCUT2D eigenvalue weighted by Crippen LogP contribution is -2.20. The van der Waals surface area contributed by atoms with Gasteiger partial charge in [-0.1, -0.05) is 12.1 Å². The third kappa shape index (κ3) is 4.81. The van der Waals surface area contributed by atoms with Crippen LogP contribution in [0.25, 0.3) is 0 Å². The van der Waals surface area contributed by atoms with Crippen molar-refractivity contribution < 1.29 is 10.2 Å². The van der Waals surface area contributed by atoms with E-state index in [1.165, 1.54) is 0 Å². The van der Waals surface area contributed by atoms with Crippen LogP contribution in [0.15, 0.2) is 24.3 Å². The van der Waals surface area contributed by atoms with Gasteiger partial charge in [0.05, 0.1) is 6.10 Å². The van der Waals surface area contributed by atoms with Gasteiger partial charge < -0.3 is 15.1 Å². The second-order valence-electron chi connectivity index (χ2n) is 4.12. The molecule has 3 heteroatoms. The van der Waals surface area contributed by atoms with Crippen LogP contribution in [0.1, 0.15) is 12.0 Å². The fourth-order valence-electron chi connectivity index (χ4n) is 1.41. The fourth-order valence-corrected chi connectivity index (χ4v) is 1.41. The molecule has 0 spiro atoms. The monoisotopic (exact) mass is 209 g/mol. The smallest absolute Gasteiger partial charge is 0.115 e. The zero-order chi connectivity index (χ0) is 11.3. The third-order valence-corrected chi connectivity index (χ3v) is 2.32. The molecule has 0 aliphatic heterocycles.